The summed E-state index contributed by atoms with van der Waals surface area (Å²) in [4.78, 5) is 4.33. The molecule has 0 aliphatic heterocycles. The molecular weight excluding hydrogens is 230 g/mol. The summed E-state index contributed by atoms with van der Waals surface area (Å²) in [5, 5.41) is 3.92. The van der Waals surface area contributed by atoms with Crippen molar-refractivity contribution in [2.75, 3.05) is 6.61 Å². The fraction of sp³-hybridized carbons (Fsp3) is 0.385. The molecule has 2 aromatic rings. The molecule has 96 valence electrons. The number of hydrogen-bond donors (Lipinski definition) is 1. The standard InChI is InChI=1S/C13H17N3O2/c1-3-17-9(2)12-15-13(18-16-12)11-6-4-5-10(7-11)8-14/h4-7,9H,3,8,14H2,1-2H3. The first kappa shape index (κ1) is 12.7. The second-order valence-electron chi connectivity index (χ2n) is 3.96. The van der Waals surface area contributed by atoms with E-state index in [0.717, 1.165) is 11.1 Å². The number of aromatic nitrogens is 2. The molecule has 1 unspecified atom stereocenters. The molecule has 1 aromatic carbocycles. The van der Waals surface area contributed by atoms with Gasteiger partial charge >= 0.3 is 0 Å². The highest BCUT2D eigenvalue weighted by atomic mass is 16.5. The van der Waals surface area contributed by atoms with Crippen LogP contribution in [0.1, 0.15) is 31.3 Å². The fourth-order valence-corrected chi connectivity index (χ4v) is 1.67. The molecular formula is C13H17N3O2. The average molecular weight is 247 g/mol. The average Bonchev–Trinajstić information content (AvgIpc) is 2.89. The van der Waals surface area contributed by atoms with Crippen LogP contribution in [0.4, 0.5) is 0 Å². The number of nitrogens with two attached hydrogens (primary N) is 1. The first-order valence-electron chi connectivity index (χ1n) is 5.99. The molecule has 0 fully saturated rings. The molecule has 0 aliphatic rings. The molecule has 1 atom stereocenters. The monoisotopic (exact) mass is 247 g/mol. The first-order valence-corrected chi connectivity index (χ1v) is 5.99. The third-order valence-electron chi connectivity index (χ3n) is 2.63. The van der Waals surface area contributed by atoms with Crippen molar-refractivity contribution in [2.45, 2.75) is 26.5 Å². The predicted octanol–water partition coefficient (Wildman–Crippen LogP) is 2.29. The van der Waals surface area contributed by atoms with Crippen LogP contribution in [0.5, 0.6) is 0 Å². The van der Waals surface area contributed by atoms with Crippen LogP contribution in [0, 0.1) is 0 Å². The van der Waals surface area contributed by atoms with Gasteiger partial charge in [0.1, 0.15) is 6.10 Å². The fourth-order valence-electron chi connectivity index (χ4n) is 1.67. The Morgan fingerprint density at radius 3 is 3.00 bits per heavy atom. The molecule has 5 nitrogen and oxygen atoms in total. The first-order chi connectivity index (χ1) is 8.74. The molecule has 2 rings (SSSR count). The summed E-state index contributed by atoms with van der Waals surface area (Å²) in [5.74, 6) is 1.05. The van der Waals surface area contributed by atoms with Gasteiger partial charge in [0.2, 0.25) is 5.82 Å². The lowest BCUT2D eigenvalue weighted by Gasteiger charge is -2.04. The van der Waals surface area contributed by atoms with Crippen LogP contribution in [0.15, 0.2) is 28.8 Å². The summed E-state index contributed by atoms with van der Waals surface area (Å²) in [7, 11) is 0. The van der Waals surface area contributed by atoms with E-state index in [1.807, 2.05) is 38.1 Å². The Bertz CT molecular complexity index is 510. The zero-order valence-electron chi connectivity index (χ0n) is 10.6. The molecule has 5 heteroatoms. The van der Waals surface area contributed by atoms with Crippen LogP contribution < -0.4 is 5.73 Å². The SMILES string of the molecule is CCOC(C)c1noc(-c2cccc(CN)c2)n1. The molecule has 1 aromatic heterocycles. The van der Waals surface area contributed by atoms with E-state index in [2.05, 4.69) is 10.1 Å². The third kappa shape index (κ3) is 2.75. The maximum Gasteiger partial charge on any atom is 0.258 e. The van der Waals surface area contributed by atoms with Crippen LogP contribution >= 0.6 is 0 Å². The molecule has 0 saturated carbocycles. The van der Waals surface area contributed by atoms with Crippen molar-refractivity contribution in [3.05, 3.63) is 35.7 Å². The quantitative estimate of drug-likeness (QED) is 0.877. The van der Waals surface area contributed by atoms with Crippen LogP contribution in [-0.2, 0) is 11.3 Å². The summed E-state index contributed by atoms with van der Waals surface area (Å²) in [6.07, 6.45) is -0.162. The summed E-state index contributed by atoms with van der Waals surface area (Å²) in [6.45, 7) is 4.94. The van der Waals surface area contributed by atoms with E-state index in [0.29, 0.717) is 24.9 Å². The molecule has 1 heterocycles. The molecule has 2 N–H and O–H groups in total. The Labute approximate surface area is 106 Å². The van der Waals surface area contributed by atoms with Gasteiger partial charge in [0.25, 0.3) is 5.89 Å². The van der Waals surface area contributed by atoms with Gasteiger partial charge in [-0.2, -0.15) is 4.98 Å². The summed E-state index contributed by atoms with van der Waals surface area (Å²) >= 11 is 0. The minimum absolute atomic E-state index is 0.162. The number of hydrogen-bond acceptors (Lipinski definition) is 5. The van der Waals surface area contributed by atoms with Crippen molar-refractivity contribution in [3.63, 3.8) is 0 Å². The highest BCUT2D eigenvalue weighted by molar-refractivity contribution is 5.54. The Balaban J connectivity index is 2.23. The van der Waals surface area contributed by atoms with Crippen molar-refractivity contribution < 1.29 is 9.26 Å². The van der Waals surface area contributed by atoms with E-state index < -0.39 is 0 Å². The Morgan fingerprint density at radius 2 is 2.28 bits per heavy atom. The van der Waals surface area contributed by atoms with Gasteiger partial charge in [-0.15, -0.1) is 0 Å². The number of rotatable bonds is 5. The summed E-state index contributed by atoms with van der Waals surface area (Å²) in [6, 6.07) is 7.75. The normalized spacial score (nSPS) is 12.6. The van der Waals surface area contributed by atoms with E-state index in [-0.39, 0.29) is 6.10 Å². The topological polar surface area (TPSA) is 74.2 Å². The van der Waals surface area contributed by atoms with E-state index in [4.69, 9.17) is 15.0 Å². The van der Waals surface area contributed by atoms with Crippen molar-refractivity contribution in [2.24, 2.45) is 5.73 Å². The van der Waals surface area contributed by atoms with Gasteiger partial charge in [-0.1, -0.05) is 17.3 Å². The minimum atomic E-state index is -0.162. The lowest BCUT2D eigenvalue weighted by molar-refractivity contribution is 0.0683. The van der Waals surface area contributed by atoms with Crippen LogP contribution in [0.2, 0.25) is 0 Å². The van der Waals surface area contributed by atoms with E-state index >= 15 is 0 Å². The predicted molar refractivity (Wildman–Crippen MR) is 67.7 cm³/mol. The van der Waals surface area contributed by atoms with Gasteiger partial charge in [0, 0.05) is 18.7 Å². The largest absolute Gasteiger partial charge is 0.371 e. The number of nitrogens with zero attached hydrogens (tertiary/aromatic N) is 2. The van der Waals surface area contributed by atoms with Crippen LogP contribution in [-0.4, -0.2) is 16.7 Å². The maximum atomic E-state index is 5.60. The summed E-state index contributed by atoms with van der Waals surface area (Å²) < 4.78 is 10.7. The van der Waals surface area contributed by atoms with Crippen molar-refractivity contribution in [3.8, 4) is 11.5 Å². The number of ether oxygens (including phenoxy) is 1. The molecule has 0 radical (unpaired) electrons. The highest BCUT2D eigenvalue weighted by Gasteiger charge is 2.14. The zero-order valence-corrected chi connectivity index (χ0v) is 10.6. The van der Waals surface area contributed by atoms with Gasteiger partial charge in [-0.25, -0.2) is 0 Å². The molecule has 0 bridgehead atoms. The smallest absolute Gasteiger partial charge is 0.258 e. The highest BCUT2D eigenvalue weighted by Crippen LogP contribution is 2.21. The summed E-state index contributed by atoms with van der Waals surface area (Å²) in [5.41, 5.74) is 7.51. The molecule has 0 amide bonds. The lowest BCUT2D eigenvalue weighted by atomic mass is 10.1. The lowest BCUT2D eigenvalue weighted by Crippen LogP contribution is -2.01. The van der Waals surface area contributed by atoms with E-state index in [1.165, 1.54) is 0 Å². The second kappa shape index (κ2) is 5.75. The van der Waals surface area contributed by atoms with Gasteiger partial charge in [0.05, 0.1) is 0 Å². The third-order valence-corrected chi connectivity index (χ3v) is 2.63. The van der Waals surface area contributed by atoms with Gasteiger partial charge in [-0.05, 0) is 31.5 Å². The van der Waals surface area contributed by atoms with Gasteiger partial charge in [0.15, 0.2) is 0 Å². The van der Waals surface area contributed by atoms with Crippen LogP contribution in [0.25, 0.3) is 11.5 Å². The Morgan fingerprint density at radius 1 is 1.44 bits per heavy atom. The Hall–Kier alpha value is -1.72. The van der Waals surface area contributed by atoms with Crippen molar-refractivity contribution in [1.82, 2.24) is 10.1 Å². The van der Waals surface area contributed by atoms with E-state index in [9.17, 15) is 0 Å². The Kier molecular flexibility index (Phi) is 4.07. The molecule has 0 saturated heterocycles. The van der Waals surface area contributed by atoms with E-state index in [1.54, 1.807) is 0 Å². The number of benzene rings is 1. The van der Waals surface area contributed by atoms with Crippen molar-refractivity contribution >= 4 is 0 Å². The van der Waals surface area contributed by atoms with Crippen molar-refractivity contribution in [1.29, 1.82) is 0 Å². The zero-order chi connectivity index (χ0) is 13.0. The second-order valence-corrected chi connectivity index (χ2v) is 3.96. The molecule has 0 aliphatic carbocycles. The molecule has 0 spiro atoms. The minimum Gasteiger partial charge on any atom is -0.371 e. The molecule has 18 heavy (non-hydrogen) atoms. The maximum absolute atomic E-state index is 5.60. The van der Waals surface area contributed by atoms with Gasteiger partial charge in [-0.3, -0.25) is 0 Å². The van der Waals surface area contributed by atoms with Crippen LogP contribution in [0.3, 0.4) is 0 Å². The van der Waals surface area contributed by atoms with Gasteiger partial charge < -0.3 is 15.0 Å².